The van der Waals surface area contributed by atoms with Crippen molar-refractivity contribution < 1.29 is 4.79 Å². The van der Waals surface area contributed by atoms with Gasteiger partial charge in [0.05, 0.1) is 6.54 Å². The highest BCUT2D eigenvalue weighted by Gasteiger charge is 2.22. The van der Waals surface area contributed by atoms with E-state index in [1.807, 2.05) is 32.2 Å². The van der Waals surface area contributed by atoms with E-state index in [0.29, 0.717) is 6.54 Å². The maximum absolute atomic E-state index is 12.8. The van der Waals surface area contributed by atoms with Gasteiger partial charge in [-0.3, -0.25) is 9.69 Å². The number of nitrogens with one attached hydrogen (secondary N) is 1. The Balaban J connectivity index is 1.41. The van der Waals surface area contributed by atoms with Crippen LogP contribution in [0.5, 0.6) is 0 Å². The molecule has 1 aliphatic heterocycles. The van der Waals surface area contributed by atoms with Crippen molar-refractivity contribution in [3.63, 3.8) is 0 Å². The Hall–Kier alpha value is -2.73. The molecule has 0 radical (unpaired) electrons. The quantitative estimate of drug-likeness (QED) is 0.722. The molecule has 2 aromatic heterocycles. The van der Waals surface area contributed by atoms with Crippen LogP contribution in [0.3, 0.4) is 0 Å². The third kappa shape index (κ3) is 3.71. The largest absolute Gasteiger partial charge is 0.360 e. The van der Waals surface area contributed by atoms with E-state index in [4.69, 9.17) is 0 Å². The van der Waals surface area contributed by atoms with Gasteiger partial charge in [0.1, 0.15) is 11.6 Å². The van der Waals surface area contributed by atoms with Crippen molar-refractivity contribution in [1.82, 2.24) is 19.9 Å². The molecule has 6 nitrogen and oxygen atoms in total. The molecule has 1 aliphatic rings. The van der Waals surface area contributed by atoms with Gasteiger partial charge in [0.15, 0.2) is 5.78 Å². The number of aromatic nitrogens is 3. The van der Waals surface area contributed by atoms with E-state index in [2.05, 4.69) is 43.8 Å². The summed E-state index contributed by atoms with van der Waals surface area (Å²) in [5, 5.41) is 1.02. The molecule has 0 unspecified atom stereocenters. The lowest BCUT2D eigenvalue weighted by atomic mass is 10.1. The highest BCUT2D eigenvalue weighted by Crippen LogP contribution is 2.21. The number of fused-ring (bicyclic) bond motifs is 1. The number of hydrogen-bond acceptors (Lipinski definition) is 5. The van der Waals surface area contributed by atoms with Crippen LogP contribution >= 0.6 is 0 Å². The van der Waals surface area contributed by atoms with Crippen molar-refractivity contribution in [2.24, 2.45) is 0 Å². The number of hydrogen-bond donors (Lipinski definition) is 1. The molecular formula is C21H25N5O. The number of ketones is 1. The van der Waals surface area contributed by atoms with Crippen molar-refractivity contribution >= 4 is 22.5 Å². The van der Waals surface area contributed by atoms with Gasteiger partial charge in [0, 0.05) is 60.6 Å². The van der Waals surface area contributed by atoms with Gasteiger partial charge in [-0.2, -0.15) is 0 Å². The Morgan fingerprint density at radius 1 is 1.07 bits per heavy atom. The number of benzene rings is 1. The summed E-state index contributed by atoms with van der Waals surface area (Å²) in [6.45, 7) is 9.88. The number of carbonyl (C=O) groups excluding carboxylic acids is 1. The number of piperazine rings is 1. The molecule has 0 bridgehead atoms. The highest BCUT2D eigenvalue weighted by atomic mass is 16.1. The van der Waals surface area contributed by atoms with Crippen molar-refractivity contribution in [2.45, 2.75) is 20.8 Å². The molecule has 6 heteroatoms. The molecule has 1 saturated heterocycles. The molecule has 27 heavy (non-hydrogen) atoms. The molecule has 0 spiro atoms. The third-order valence-corrected chi connectivity index (χ3v) is 5.15. The van der Waals surface area contributed by atoms with Crippen LogP contribution in [0.25, 0.3) is 10.9 Å². The molecule has 4 rings (SSSR count). The second-order valence-corrected chi connectivity index (χ2v) is 7.35. The average molecular weight is 363 g/mol. The van der Waals surface area contributed by atoms with Crippen LogP contribution in [0, 0.1) is 20.8 Å². The molecule has 1 N–H and O–H groups in total. The van der Waals surface area contributed by atoms with Crippen LogP contribution in [0.1, 0.15) is 27.4 Å². The first-order chi connectivity index (χ1) is 13.0. The first kappa shape index (κ1) is 17.7. The fourth-order valence-electron chi connectivity index (χ4n) is 3.75. The van der Waals surface area contributed by atoms with Crippen LogP contribution in [0.2, 0.25) is 0 Å². The Morgan fingerprint density at radius 3 is 2.59 bits per heavy atom. The van der Waals surface area contributed by atoms with E-state index in [1.54, 1.807) is 0 Å². The maximum atomic E-state index is 12.8. The smallest absolute Gasteiger partial charge is 0.178 e. The molecule has 1 fully saturated rings. The summed E-state index contributed by atoms with van der Waals surface area (Å²) in [6, 6.07) is 8.20. The fraction of sp³-hybridized carbons (Fsp3) is 0.381. The zero-order chi connectivity index (χ0) is 19.0. The zero-order valence-corrected chi connectivity index (χ0v) is 16.1. The van der Waals surface area contributed by atoms with Crippen molar-refractivity contribution in [3.05, 3.63) is 53.1 Å². The van der Waals surface area contributed by atoms with Crippen LogP contribution < -0.4 is 4.90 Å². The number of carbonyl (C=O) groups is 1. The number of rotatable bonds is 4. The van der Waals surface area contributed by atoms with Crippen molar-refractivity contribution in [2.75, 3.05) is 37.6 Å². The second kappa shape index (κ2) is 7.12. The Morgan fingerprint density at radius 2 is 1.85 bits per heavy atom. The van der Waals surface area contributed by atoms with E-state index < -0.39 is 0 Å². The Bertz CT molecular complexity index is 965. The normalized spacial score (nSPS) is 15.4. The van der Waals surface area contributed by atoms with Crippen LogP contribution in [0.4, 0.5) is 5.82 Å². The number of aromatic amines is 1. The van der Waals surface area contributed by atoms with Gasteiger partial charge in [0.25, 0.3) is 0 Å². The number of nitrogens with zero attached hydrogens (tertiary/aromatic N) is 4. The minimum Gasteiger partial charge on any atom is -0.360 e. The number of anilines is 1. The van der Waals surface area contributed by atoms with Crippen LogP contribution in [-0.4, -0.2) is 58.4 Å². The fourth-order valence-corrected chi connectivity index (χ4v) is 3.75. The molecular weight excluding hydrogens is 338 g/mol. The molecule has 0 atom stereocenters. The SMILES string of the molecule is Cc1ccc2[nH]cc(C(=O)CN3CCN(c4cc(C)nc(C)n4)CC3)c2c1. The first-order valence-corrected chi connectivity index (χ1v) is 9.40. The van der Waals surface area contributed by atoms with Crippen LogP contribution in [-0.2, 0) is 0 Å². The van der Waals surface area contributed by atoms with Gasteiger partial charge in [-0.25, -0.2) is 9.97 Å². The number of aryl methyl sites for hydroxylation is 3. The number of H-pyrrole nitrogens is 1. The molecule has 0 saturated carbocycles. The Labute approximate surface area is 159 Å². The zero-order valence-electron chi connectivity index (χ0n) is 16.1. The summed E-state index contributed by atoms with van der Waals surface area (Å²) in [7, 11) is 0. The molecule has 1 aromatic carbocycles. The van der Waals surface area contributed by atoms with Gasteiger partial charge < -0.3 is 9.88 Å². The van der Waals surface area contributed by atoms with E-state index in [9.17, 15) is 4.79 Å². The predicted octanol–water partition coefficient (Wildman–Crippen LogP) is 2.89. The lowest BCUT2D eigenvalue weighted by molar-refractivity contribution is 0.0928. The second-order valence-electron chi connectivity index (χ2n) is 7.35. The average Bonchev–Trinajstić information content (AvgIpc) is 3.04. The summed E-state index contributed by atoms with van der Waals surface area (Å²) in [6.07, 6.45) is 1.84. The first-order valence-electron chi connectivity index (χ1n) is 9.40. The lowest BCUT2D eigenvalue weighted by Crippen LogP contribution is -2.48. The molecule has 0 aliphatic carbocycles. The van der Waals surface area contributed by atoms with Crippen molar-refractivity contribution in [3.8, 4) is 0 Å². The van der Waals surface area contributed by atoms with Crippen molar-refractivity contribution in [1.29, 1.82) is 0 Å². The topological polar surface area (TPSA) is 65.1 Å². The summed E-state index contributed by atoms with van der Waals surface area (Å²) >= 11 is 0. The van der Waals surface area contributed by atoms with E-state index in [-0.39, 0.29) is 5.78 Å². The maximum Gasteiger partial charge on any atom is 0.178 e. The standard InChI is InChI=1S/C21H25N5O/c1-14-4-5-19-17(10-14)18(12-22-19)20(27)13-25-6-8-26(9-7-25)21-11-15(2)23-16(3)24-21/h4-5,10-12,22H,6-9,13H2,1-3H3. The summed E-state index contributed by atoms with van der Waals surface area (Å²) in [5.74, 6) is 1.96. The third-order valence-electron chi connectivity index (χ3n) is 5.15. The minimum absolute atomic E-state index is 0.175. The Kier molecular flexibility index (Phi) is 4.66. The van der Waals surface area contributed by atoms with Gasteiger partial charge in [-0.05, 0) is 32.9 Å². The van der Waals surface area contributed by atoms with E-state index >= 15 is 0 Å². The summed E-state index contributed by atoms with van der Waals surface area (Å²) < 4.78 is 0. The predicted molar refractivity (Wildman–Crippen MR) is 108 cm³/mol. The van der Waals surface area contributed by atoms with Gasteiger partial charge in [0.2, 0.25) is 0 Å². The minimum atomic E-state index is 0.175. The summed E-state index contributed by atoms with van der Waals surface area (Å²) in [5.41, 5.74) is 3.96. The molecule has 140 valence electrons. The van der Waals surface area contributed by atoms with Gasteiger partial charge in [-0.15, -0.1) is 0 Å². The van der Waals surface area contributed by atoms with Crippen LogP contribution in [0.15, 0.2) is 30.5 Å². The number of Topliss-reactive ketones (excluding diaryl/α,β-unsaturated/α-hetero) is 1. The monoisotopic (exact) mass is 363 g/mol. The van der Waals surface area contributed by atoms with Gasteiger partial charge >= 0.3 is 0 Å². The van der Waals surface area contributed by atoms with E-state index in [1.165, 1.54) is 5.56 Å². The molecule has 0 amide bonds. The molecule has 3 heterocycles. The lowest BCUT2D eigenvalue weighted by Gasteiger charge is -2.35. The molecule has 3 aromatic rings. The highest BCUT2D eigenvalue weighted by molar-refractivity contribution is 6.08. The van der Waals surface area contributed by atoms with Gasteiger partial charge in [-0.1, -0.05) is 11.6 Å². The summed E-state index contributed by atoms with van der Waals surface area (Å²) in [4.78, 5) is 29.5. The van der Waals surface area contributed by atoms with E-state index in [0.717, 1.165) is 60.0 Å².